The van der Waals surface area contributed by atoms with Crippen LogP contribution in [0.15, 0.2) is 152 Å². The molecule has 0 amide bonds. The molecule has 0 aliphatic heterocycles. The Kier molecular flexibility index (Phi) is 5.45. The molecule has 0 fully saturated rings. The number of hydrogen-bond donors (Lipinski definition) is 0. The maximum absolute atomic E-state index is 5.39. The summed E-state index contributed by atoms with van der Waals surface area (Å²) >= 11 is 1.87. The van der Waals surface area contributed by atoms with Crippen LogP contribution in [0.25, 0.3) is 92.0 Å². The number of fused-ring (bicyclic) bond motifs is 11. The van der Waals surface area contributed by atoms with Crippen LogP contribution in [0.1, 0.15) is 0 Å². The van der Waals surface area contributed by atoms with Gasteiger partial charge < -0.3 is 0 Å². The molecule has 0 saturated heterocycles. The molecule has 0 aliphatic carbocycles. The average Bonchev–Trinajstić information content (AvgIpc) is 3.68. The van der Waals surface area contributed by atoms with Gasteiger partial charge in [0.1, 0.15) is 0 Å². The second-order valence-corrected chi connectivity index (χ2v) is 12.8. The minimum atomic E-state index is 0.669. The highest BCUT2D eigenvalue weighted by molar-refractivity contribution is 7.27. The van der Waals surface area contributed by atoms with E-state index >= 15 is 0 Å². The lowest BCUT2D eigenvalue weighted by atomic mass is 10.00. The molecule has 3 heterocycles. The Balaban J connectivity index is 1.39. The lowest BCUT2D eigenvalue weighted by Crippen LogP contribution is -2.04. The van der Waals surface area contributed by atoms with Gasteiger partial charge in [-0.1, -0.05) is 127 Å². The Labute approximate surface area is 268 Å². The number of rotatable bonds is 3. The number of hydrogen-bond acceptors (Lipinski definition) is 3. The van der Waals surface area contributed by atoms with Gasteiger partial charge in [-0.3, -0.25) is 4.57 Å². The summed E-state index contributed by atoms with van der Waals surface area (Å²) in [5.41, 5.74) is 6.17. The van der Waals surface area contributed by atoms with Crippen molar-refractivity contribution in [2.24, 2.45) is 0 Å². The quantitative estimate of drug-likeness (QED) is 0.201. The third-order valence-electron chi connectivity index (χ3n) is 9.18. The van der Waals surface area contributed by atoms with E-state index in [2.05, 4.69) is 150 Å². The number of para-hydroxylation sites is 1. The predicted molar refractivity (Wildman–Crippen MR) is 195 cm³/mol. The van der Waals surface area contributed by atoms with Crippen LogP contribution < -0.4 is 0 Å². The fraction of sp³-hybridized carbons (Fsp3) is 0. The maximum Gasteiger partial charge on any atom is 0.235 e. The second kappa shape index (κ2) is 9.83. The van der Waals surface area contributed by atoms with Crippen molar-refractivity contribution in [3.05, 3.63) is 152 Å². The van der Waals surface area contributed by atoms with E-state index in [9.17, 15) is 0 Å². The summed E-state index contributed by atoms with van der Waals surface area (Å²) in [4.78, 5) is 10.7. The number of benzene rings is 7. The Bertz CT molecular complexity index is 2810. The van der Waals surface area contributed by atoms with Crippen molar-refractivity contribution in [3.8, 4) is 28.5 Å². The van der Waals surface area contributed by atoms with E-state index in [1.54, 1.807) is 0 Å². The van der Waals surface area contributed by atoms with Crippen molar-refractivity contribution in [1.29, 1.82) is 0 Å². The number of aromatic nitrogens is 3. The fourth-order valence-corrected chi connectivity index (χ4v) is 8.36. The van der Waals surface area contributed by atoms with Crippen molar-refractivity contribution in [2.45, 2.75) is 0 Å². The highest BCUT2D eigenvalue weighted by Gasteiger charge is 2.23. The van der Waals surface area contributed by atoms with Crippen molar-refractivity contribution >= 4 is 74.9 Å². The molecule has 3 nitrogen and oxygen atoms in total. The predicted octanol–water partition coefficient (Wildman–Crippen LogP) is 11.6. The zero-order valence-corrected chi connectivity index (χ0v) is 25.5. The Morgan fingerprint density at radius 2 is 1.11 bits per heavy atom. The number of nitrogens with zero attached hydrogens (tertiary/aromatic N) is 3. The van der Waals surface area contributed by atoms with Crippen molar-refractivity contribution in [2.75, 3.05) is 0 Å². The first-order chi connectivity index (χ1) is 22.8. The summed E-state index contributed by atoms with van der Waals surface area (Å²) < 4.78 is 4.89. The highest BCUT2D eigenvalue weighted by atomic mass is 32.1. The summed E-state index contributed by atoms with van der Waals surface area (Å²) in [5.74, 6) is 0.669. The third kappa shape index (κ3) is 3.71. The summed E-state index contributed by atoms with van der Waals surface area (Å²) in [5, 5.41) is 9.89. The van der Waals surface area contributed by atoms with E-state index in [0.29, 0.717) is 5.95 Å². The zero-order chi connectivity index (χ0) is 30.2. The molecule has 0 saturated carbocycles. The SMILES string of the molecule is c1ccc(-c2cc(-c3ccc4ccccc4c3)nc(-n3c4ccccc4c4c5ccccc5c5sc6ccccc6c5c43)n2)cc1. The molecule has 0 unspecified atom stereocenters. The van der Waals surface area contributed by atoms with Crippen LogP contribution in [0, 0.1) is 0 Å². The molecule has 0 radical (unpaired) electrons. The fourth-order valence-electron chi connectivity index (χ4n) is 7.11. The van der Waals surface area contributed by atoms with Gasteiger partial charge in [0.15, 0.2) is 0 Å². The van der Waals surface area contributed by atoms with Crippen molar-refractivity contribution < 1.29 is 0 Å². The van der Waals surface area contributed by atoms with Gasteiger partial charge >= 0.3 is 0 Å². The lowest BCUT2D eigenvalue weighted by Gasteiger charge is -2.13. The third-order valence-corrected chi connectivity index (χ3v) is 10.4. The van der Waals surface area contributed by atoms with Gasteiger partial charge in [0, 0.05) is 47.5 Å². The average molecular weight is 604 g/mol. The molecule has 0 aliphatic rings. The van der Waals surface area contributed by atoms with Crippen molar-refractivity contribution in [3.63, 3.8) is 0 Å². The Morgan fingerprint density at radius 3 is 1.96 bits per heavy atom. The van der Waals surface area contributed by atoms with Gasteiger partial charge in [-0.05, 0) is 40.4 Å². The van der Waals surface area contributed by atoms with Crippen LogP contribution in [0.5, 0.6) is 0 Å². The van der Waals surface area contributed by atoms with Crippen LogP contribution in [-0.4, -0.2) is 14.5 Å². The second-order valence-electron chi connectivity index (χ2n) is 11.8. The summed E-state index contributed by atoms with van der Waals surface area (Å²) in [7, 11) is 0. The summed E-state index contributed by atoms with van der Waals surface area (Å²) in [6.07, 6.45) is 0. The van der Waals surface area contributed by atoms with Crippen LogP contribution in [0.2, 0.25) is 0 Å². The van der Waals surface area contributed by atoms with Crippen LogP contribution >= 0.6 is 11.3 Å². The maximum atomic E-state index is 5.39. The molecule has 4 heteroatoms. The monoisotopic (exact) mass is 603 g/mol. The molecular weight excluding hydrogens is 579 g/mol. The largest absolute Gasteiger partial charge is 0.277 e. The van der Waals surface area contributed by atoms with Crippen molar-refractivity contribution in [1.82, 2.24) is 14.5 Å². The van der Waals surface area contributed by atoms with Gasteiger partial charge in [-0.2, -0.15) is 0 Å². The van der Waals surface area contributed by atoms with E-state index < -0.39 is 0 Å². The Morgan fingerprint density at radius 1 is 0.457 bits per heavy atom. The first-order valence-electron chi connectivity index (χ1n) is 15.5. The molecule has 46 heavy (non-hydrogen) atoms. The molecule has 0 bridgehead atoms. The van der Waals surface area contributed by atoms with Crippen LogP contribution in [0.3, 0.4) is 0 Å². The lowest BCUT2D eigenvalue weighted by molar-refractivity contribution is 0.998. The standard InChI is InChI=1S/C42H25N3S/c1-2-13-27(14-3-1)34-25-35(29-23-22-26-12-4-5-15-28(26)24-29)44-42(43-34)45-36-20-10-8-18-32(36)38-30-16-6-7-17-31(30)41-39(40(38)45)33-19-9-11-21-37(33)46-41/h1-25H. The Hall–Kier alpha value is -5.84. The molecule has 7 aromatic carbocycles. The zero-order valence-electron chi connectivity index (χ0n) is 24.7. The first kappa shape index (κ1) is 25.5. The molecule has 0 spiro atoms. The summed E-state index contributed by atoms with van der Waals surface area (Å²) in [6.45, 7) is 0. The first-order valence-corrected chi connectivity index (χ1v) is 16.3. The normalized spacial score (nSPS) is 11.9. The van der Waals surface area contributed by atoms with Gasteiger partial charge in [0.25, 0.3) is 0 Å². The summed E-state index contributed by atoms with van der Waals surface area (Å²) in [6, 6.07) is 54.0. The molecule has 214 valence electrons. The van der Waals surface area contributed by atoms with Gasteiger partial charge in [0.05, 0.1) is 22.4 Å². The minimum absolute atomic E-state index is 0.669. The van der Waals surface area contributed by atoms with Gasteiger partial charge in [0.2, 0.25) is 5.95 Å². The molecule has 0 atom stereocenters. The van der Waals surface area contributed by atoms with Crippen LogP contribution in [0.4, 0.5) is 0 Å². The number of thiophene rings is 1. The van der Waals surface area contributed by atoms with Gasteiger partial charge in [-0.15, -0.1) is 11.3 Å². The van der Waals surface area contributed by atoms with E-state index in [1.165, 1.54) is 52.5 Å². The topological polar surface area (TPSA) is 30.7 Å². The molecule has 10 aromatic rings. The molecule has 10 rings (SSSR count). The molecule has 0 N–H and O–H groups in total. The molecule has 3 aromatic heterocycles. The van der Waals surface area contributed by atoms with Crippen LogP contribution in [-0.2, 0) is 0 Å². The molecular formula is C42H25N3S. The van der Waals surface area contributed by atoms with E-state index in [-0.39, 0.29) is 0 Å². The van der Waals surface area contributed by atoms with E-state index in [0.717, 1.165) is 33.5 Å². The van der Waals surface area contributed by atoms with E-state index in [4.69, 9.17) is 9.97 Å². The highest BCUT2D eigenvalue weighted by Crippen LogP contribution is 2.47. The van der Waals surface area contributed by atoms with E-state index in [1.807, 2.05) is 17.4 Å². The minimum Gasteiger partial charge on any atom is -0.277 e. The smallest absolute Gasteiger partial charge is 0.235 e. The van der Waals surface area contributed by atoms with Gasteiger partial charge in [-0.25, -0.2) is 9.97 Å².